The third-order valence-corrected chi connectivity index (χ3v) is 8.57. The number of carbonyl (C=O) groups is 1. The Labute approximate surface area is 158 Å². The highest BCUT2D eigenvalue weighted by molar-refractivity contribution is 9.09. The van der Waals surface area contributed by atoms with Crippen LogP contribution < -0.4 is 0 Å². The summed E-state index contributed by atoms with van der Waals surface area (Å²) >= 11 is 3.75. The monoisotopic (exact) mass is 412 g/mol. The van der Waals surface area contributed by atoms with Gasteiger partial charge in [-0.3, -0.25) is 4.79 Å². The van der Waals surface area contributed by atoms with Gasteiger partial charge in [0.25, 0.3) is 0 Å². The van der Waals surface area contributed by atoms with Gasteiger partial charge in [-0.05, 0) is 61.7 Å². The van der Waals surface area contributed by atoms with E-state index in [9.17, 15) is 15.0 Å². The lowest BCUT2D eigenvalue weighted by Crippen LogP contribution is -2.53. The van der Waals surface area contributed by atoms with Gasteiger partial charge in [-0.15, -0.1) is 0 Å². The van der Waals surface area contributed by atoms with Crippen molar-refractivity contribution < 1.29 is 19.7 Å². The fraction of sp³-hybridized carbons (Fsp3) is 0.850. The fourth-order valence-electron chi connectivity index (χ4n) is 6.61. The van der Waals surface area contributed by atoms with Gasteiger partial charge in [0.15, 0.2) is 0 Å². The van der Waals surface area contributed by atoms with Crippen LogP contribution >= 0.6 is 15.9 Å². The van der Waals surface area contributed by atoms with Crippen LogP contribution in [0.15, 0.2) is 11.6 Å². The van der Waals surface area contributed by atoms with Gasteiger partial charge >= 0.3 is 5.97 Å². The van der Waals surface area contributed by atoms with Crippen molar-refractivity contribution in [3.05, 3.63) is 11.6 Å². The van der Waals surface area contributed by atoms with Crippen LogP contribution in [-0.2, 0) is 9.53 Å². The van der Waals surface area contributed by atoms with Crippen LogP contribution in [0, 0.1) is 29.1 Å². The van der Waals surface area contributed by atoms with Crippen molar-refractivity contribution in [3.63, 3.8) is 0 Å². The van der Waals surface area contributed by atoms with Crippen LogP contribution in [0.5, 0.6) is 0 Å². The summed E-state index contributed by atoms with van der Waals surface area (Å²) in [6.07, 6.45) is 6.87. The Bertz CT molecular complexity index is 590. The van der Waals surface area contributed by atoms with Crippen molar-refractivity contribution in [1.82, 2.24) is 0 Å². The molecule has 0 saturated heterocycles. The number of hydrogen-bond donors (Lipinski definition) is 2. The summed E-state index contributed by atoms with van der Waals surface area (Å²) < 4.78 is 5.64. The maximum Gasteiger partial charge on any atom is 0.302 e. The molecule has 0 aromatic rings. The molecular formula is C20H29BrO4. The molecule has 0 spiro atoms. The highest BCUT2D eigenvalue weighted by Gasteiger charge is 2.59. The van der Waals surface area contributed by atoms with Gasteiger partial charge in [-0.1, -0.05) is 34.5 Å². The third kappa shape index (κ3) is 2.81. The van der Waals surface area contributed by atoms with Gasteiger partial charge in [0.2, 0.25) is 0 Å². The summed E-state index contributed by atoms with van der Waals surface area (Å²) in [5, 5.41) is 21.0. The molecule has 5 heteroatoms. The number of halogens is 1. The van der Waals surface area contributed by atoms with Gasteiger partial charge in [0.1, 0.15) is 6.10 Å². The van der Waals surface area contributed by atoms with Crippen molar-refractivity contribution in [2.24, 2.45) is 29.1 Å². The number of rotatable bonds is 1. The molecule has 4 aliphatic carbocycles. The summed E-state index contributed by atoms with van der Waals surface area (Å²) in [6, 6.07) is 0. The number of fused-ring (bicyclic) bond motifs is 5. The topological polar surface area (TPSA) is 66.8 Å². The molecule has 0 aliphatic heterocycles. The quantitative estimate of drug-likeness (QED) is 0.394. The van der Waals surface area contributed by atoms with E-state index in [-0.39, 0.29) is 40.4 Å². The molecule has 3 saturated carbocycles. The maximum atomic E-state index is 11.5. The van der Waals surface area contributed by atoms with Crippen LogP contribution in [0.2, 0.25) is 0 Å². The number of carbonyl (C=O) groups excluding carboxylic acids is 1. The molecule has 0 amide bonds. The average molecular weight is 413 g/mol. The molecule has 3 unspecified atom stereocenters. The molecule has 0 aromatic heterocycles. The summed E-state index contributed by atoms with van der Waals surface area (Å²) in [6.45, 7) is 3.83. The molecule has 0 radical (unpaired) electrons. The standard InChI is InChI=1S/C20H29BrO4/c1-10(22)25-19-13-3-4-15-18(14(13)9-16(19)21)17(24)8-11-7-12(23)5-6-20(11,15)2/h7,12-19,23-24H,3-6,8-9H2,1-2H3/t12-,13-,14?,15?,16+,17-,18?,19+,20-/m0/s1. The normalized spacial score (nSPS) is 51.8. The fourth-order valence-corrected chi connectivity index (χ4v) is 7.55. The smallest absolute Gasteiger partial charge is 0.302 e. The van der Waals surface area contributed by atoms with Crippen molar-refractivity contribution in [3.8, 4) is 0 Å². The van der Waals surface area contributed by atoms with E-state index in [0.29, 0.717) is 24.2 Å². The second-order valence-electron chi connectivity index (χ2n) is 8.90. The van der Waals surface area contributed by atoms with E-state index in [1.54, 1.807) is 0 Å². The van der Waals surface area contributed by atoms with Gasteiger partial charge in [0.05, 0.1) is 17.0 Å². The molecule has 2 N–H and O–H groups in total. The van der Waals surface area contributed by atoms with Crippen LogP contribution in [0.25, 0.3) is 0 Å². The lowest BCUT2D eigenvalue weighted by atomic mass is 9.49. The molecule has 4 rings (SSSR count). The molecule has 0 heterocycles. The Morgan fingerprint density at radius 2 is 2.04 bits per heavy atom. The largest absolute Gasteiger partial charge is 0.461 e. The van der Waals surface area contributed by atoms with E-state index in [2.05, 4.69) is 22.9 Å². The SMILES string of the molecule is CC(=O)O[C@H]1[C@H](Br)CC2C3C(CC[C@@H]21)[C@@]1(C)CC[C@H](O)C=C1C[C@@H]3O. The zero-order valence-corrected chi connectivity index (χ0v) is 16.6. The van der Waals surface area contributed by atoms with E-state index in [1.165, 1.54) is 12.5 Å². The Balaban J connectivity index is 1.63. The van der Waals surface area contributed by atoms with E-state index >= 15 is 0 Å². The lowest BCUT2D eigenvalue weighted by molar-refractivity contribution is -0.151. The van der Waals surface area contributed by atoms with Crippen LogP contribution in [0.4, 0.5) is 0 Å². The molecule has 0 aromatic carbocycles. The first-order valence-corrected chi connectivity index (χ1v) is 10.6. The van der Waals surface area contributed by atoms with E-state index in [1.807, 2.05) is 6.08 Å². The number of ether oxygens (including phenoxy) is 1. The van der Waals surface area contributed by atoms with Crippen LogP contribution in [0.1, 0.15) is 52.4 Å². The molecule has 4 nitrogen and oxygen atoms in total. The van der Waals surface area contributed by atoms with E-state index in [0.717, 1.165) is 32.1 Å². The Morgan fingerprint density at radius 3 is 2.76 bits per heavy atom. The molecular weight excluding hydrogens is 384 g/mol. The third-order valence-electron chi connectivity index (χ3n) is 7.68. The summed E-state index contributed by atoms with van der Waals surface area (Å²) in [5.41, 5.74) is 1.37. The molecule has 9 atom stereocenters. The first-order valence-electron chi connectivity index (χ1n) is 9.70. The molecule has 25 heavy (non-hydrogen) atoms. The minimum absolute atomic E-state index is 0.0615. The number of aliphatic hydroxyl groups excluding tert-OH is 2. The van der Waals surface area contributed by atoms with Crippen molar-refractivity contribution in [2.45, 2.75) is 75.5 Å². The predicted molar refractivity (Wildman–Crippen MR) is 98.1 cm³/mol. The summed E-state index contributed by atoms with van der Waals surface area (Å²) in [4.78, 5) is 11.7. The van der Waals surface area contributed by atoms with Gasteiger partial charge < -0.3 is 14.9 Å². The second-order valence-corrected chi connectivity index (χ2v) is 10.1. The number of esters is 1. The average Bonchev–Trinajstić information content (AvgIpc) is 2.85. The first kappa shape index (κ1) is 18.0. The van der Waals surface area contributed by atoms with Gasteiger partial charge in [-0.25, -0.2) is 0 Å². The van der Waals surface area contributed by atoms with Crippen molar-refractivity contribution in [1.29, 1.82) is 0 Å². The van der Waals surface area contributed by atoms with Crippen LogP contribution in [0.3, 0.4) is 0 Å². The van der Waals surface area contributed by atoms with E-state index in [4.69, 9.17) is 4.74 Å². The minimum Gasteiger partial charge on any atom is -0.461 e. The lowest BCUT2D eigenvalue weighted by Gasteiger charge is -2.57. The number of hydrogen-bond acceptors (Lipinski definition) is 4. The summed E-state index contributed by atoms with van der Waals surface area (Å²) in [7, 11) is 0. The van der Waals surface area contributed by atoms with Crippen molar-refractivity contribution in [2.75, 3.05) is 0 Å². The Morgan fingerprint density at radius 1 is 1.28 bits per heavy atom. The molecule has 140 valence electrons. The zero-order chi connectivity index (χ0) is 17.9. The Hall–Kier alpha value is -0.390. The highest BCUT2D eigenvalue weighted by Crippen LogP contribution is 2.62. The summed E-state index contributed by atoms with van der Waals surface area (Å²) in [5.74, 6) is 1.30. The predicted octanol–water partition coefficient (Wildman–Crippen LogP) is 3.20. The minimum atomic E-state index is -0.352. The van der Waals surface area contributed by atoms with E-state index < -0.39 is 0 Å². The number of alkyl halides is 1. The first-order chi connectivity index (χ1) is 11.8. The van der Waals surface area contributed by atoms with Crippen LogP contribution in [-0.4, -0.2) is 39.3 Å². The molecule has 3 fully saturated rings. The molecule has 4 aliphatic rings. The highest BCUT2D eigenvalue weighted by atomic mass is 79.9. The Kier molecular flexibility index (Phi) is 4.57. The van der Waals surface area contributed by atoms with Crippen molar-refractivity contribution >= 4 is 21.9 Å². The second kappa shape index (κ2) is 6.35. The van der Waals surface area contributed by atoms with Gasteiger partial charge in [-0.2, -0.15) is 0 Å². The zero-order valence-electron chi connectivity index (χ0n) is 15.0. The number of aliphatic hydroxyl groups is 2. The maximum absolute atomic E-state index is 11.5. The van der Waals surface area contributed by atoms with Gasteiger partial charge in [0, 0.05) is 12.8 Å². The molecule has 0 bridgehead atoms.